The minimum absolute atomic E-state index is 0. The SMILES string of the molecule is O=CN1CCCCC1.[LiH]. The number of likely N-dealkylation sites (tertiary alicyclic amines) is 1. The third kappa shape index (κ3) is 2.93. The van der Waals surface area contributed by atoms with Crippen molar-refractivity contribution in [3.05, 3.63) is 0 Å². The molecule has 1 fully saturated rings. The molecule has 0 bridgehead atoms. The standard InChI is InChI=1S/C6H11NO.Li.H/c8-6-7-4-2-1-3-5-7;;/h6H,1-5H2;;. The Bertz CT molecular complexity index is 81.1. The molecule has 0 radical (unpaired) electrons. The van der Waals surface area contributed by atoms with E-state index in [4.69, 9.17) is 0 Å². The number of nitrogens with zero attached hydrogens (tertiary/aromatic N) is 1. The Morgan fingerprint density at radius 1 is 1.11 bits per heavy atom. The summed E-state index contributed by atoms with van der Waals surface area (Å²) in [6.45, 7) is 1.95. The monoisotopic (exact) mass is 121 g/mol. The summed E-state index contributed by atoms with van der Waals surface area (Å²) in [5.41, 5.74) is 0. The molecule has 0 spiro atoms. The molecule has 1 saturated heterocycles. The number of hydrogen-bond donors (Lipinski definition) is 0. The second kappa shape index (κ2) is 4.90. The third-order valence-corrected chi connectivity index (χ3v) is 1.54. The van der Waals surface area contributed by atoms with Crippen LogP contribution >= 0.6 is 0 Å². The Balaban J connectivity index is 0.000000640. The van der Waals surface area contributed by atoms with Gasteiger partial charge in [-0.2, -0.15) is 0 Å². The normalized spacial score (nSPS) is 18.4. The van der Waals surface area contributed by atoms with Gasteiger partial charge in [0.1, 0.15) is 0 Å². The van der Waals surface area contributed by atoms with Gasteiger partial charge in [-0.3, -0.25) is 4.79 Å². The van der Waals surface area contributed by atoms with Crippen molar-refractivity contribution in [1.82, 2.24) is 4.90 Å². The Morgan fingerprint density at radius 3 is 2.00 bits per heavy atom. The molecular weight excluding hydrogens is 109 g/mol. The maximum absolute atomic E-state index is 10.1. The summed E-state index contributed by atoms with van der Waals surface area (Å²) in [6.07, 6.45) is 4.63. The van der Waals surface area contributed by atoms with Crippen molar-refractivity contribution in [2.75, 3.05) is 13.1 Å². The first-order valence-electron chi connectivity index (χ1n) is 3.13. The van der Waals surface area contributed by atoms with E-state index < -0.39 is 0 Å². The van der Waals surface area contributed by atoms with Crippen LogP contribution in [0.3, 0.4) is 0 Å². The summed E-state index contributed by atoms with van der Waals surface area (Å²) >= 11 is 0. The van der Waals surface area contributed by atoms with Crippen LogP contribution in [0.4, 0.5) is 0 Å². The van der Waals surface area contributed by atoms with Gasteiger partial charge in [0.2, 0.25) is 6.41 Å². The van der Waals surface area contributed by atoms with E-state index in [0.717, 1.165) is 19.5 Å². The third-order valence-electron chi connectivity index (χ3n) is 1.54. The van der Waals surface area contributed by atoms with Crippen LogP contribution in [0.15, 0.2) is 0 Å². The first kappa shape index (κ1) is 9.07. The van der Waals surface area contributed by atoms with Crippen LogP contribution in [0, 0.1) is 0 Å². The molecule has 0 saturated carbocycles. The summed E-state index contributed by atoms with van der Waals surface area (Å²) < 4.78 is 0. The Hall–Kier alpha value is 0.0674. The predicted octanol–water partition coefficient (Wildman–Crippen LogP) is -0.0198. The molecule has 1 rings (SSSR count). The molecule has 0 atom stereocenters. The van der Waals surface area contributed by atoms with Gasteiger partial charge < -0.3 is 4.90 Å². The first-order valence-corrected chi connectivity index (χ1v) is 3.13. The Morgan fingerprint density at radius 2 is 1.67 bits per heavy atom. The molecule has 3 heteroatoms. The summed E-state index contributed by atoms with van der Waals surface area (Å²) in [5.74, 6) is 0. The zero-order valence-electron chi connectivity index (χ0n) is 4.97. The molecule has 48 valence electrons. The number of hydrogen-bond acceptors (Lipinski definition) is 1. The van der Waals surface area contributed by atoms with Crippen molar-refractivity contribution in [1.29, 1.82) is 0 Å². The molecule has 0 aliphatic carbocycles. The molecule has 1 amide bonds. The molecular formula is C6H12LiNO. The summed E-state index contributed by atoms with van der Waals surface area (Å²) in [6, 6.07) is 0. The van der Waals surface area contributed by atoms with E-state index in [0.29, 0.717) is 0 Å². The molecule has 0 N–H and O–H groups in total. The molecule has 0 unspecified atom stereocenters. The fraction of sp³-hybridized carbons (Fsp3) is 0.833. The molecule has 1 heterocycles. The molecule has 1 aliphatic heterocycles. The Labute approximate surface area is 67.8 Å². The van der Waals surface area contributed by atoms with Crippen LogP contribution in [0.1, 0.15) is 19.3 Å². The summed E-state index contributed by atoms with van der Waals surface area (Å²) in [5, 5.41) is 0. The van der Waals surface area contributed by atoms with Gasteiger partial charge in [0.05, 0.1) is 0 Å². The van der Waals surface area contributed by atoms with E-state index in [2.05, 4.69) is 0 Å². The van der Waals surface area contributed by atoms with Crippen LogP contribution < -0.4 is 0 Å². The second-order valence-corrected chi connectivity index (χ2v) is 2.20. The van der Waals surface area contributed by atoms with E-state index >= 15 is 0 Å². The van der Waals surface area contributed by atoms with Gasteiger partial charge in [0, 0.05) is 13.1 Å². The average molecular weight is 121 g/mol. The van der Waals surface area contributed by atoms with Crippen molar-refractivity contribution in [3.63, 3.8) is 0 Å². The molecule has 0 aromatic carbocycles. The zero-order chi connectivity index (χ0) is 5.82. The molecule has 0 aromatic rings. The van der Waals surface area contributed by atoms with E-state index in [1.165, 1.54) is 19.3 Å². The number of carbonyl (C=O) groups is 1. The van der Waals surface area contributed by atoms with Gasteiger partial charge in [-0.05, 0) is 19.3 Å². The topological polar surface area (TPSA) is 20.3 Å². The first-order chi connectivity index (χ1) is 3.93. The van der Waals surface area contributed by atoms with Gasteiger partial charge in [-0.25, -0.2) is 0 Å². The van der Waals surface area contributed by atoms with E-state index in [1.807, 2.05) is 4.90 Å². The second-order valence-electron chi connectivity index (χ2n) is 2.20. The predicted molar refractivity (Wildman–Crippen MR) is 38.6 cm³/mol. The van der Waals surface area contributed by atoms with Crippen molar-refractivity contribution in [2.45, 2.75) is 19.3 Å². The maximum atomic E-state index is 10.1. The average Bonchev–Trinajstić information content (AvgIpc) is 1.90. The van der Waals surface area contributed by atoms with Crippen LogP contribution in [-0.4, -0.2) is 43.3 Å². The minimum atomic E-state index is 0. The van der Waals surface area contributed by atoms with Crippen molar-refractivity contribution < 1.29 is 4.79 Å². The van der Waals surface area contributed by atoms with Gasteiger partial charge in [0.25, 0.3) is 0 Å². The van der Waals surface area contributed by atoms with Gasteiger partial charge in [0.15, 0.2) is 0 Å². The molecule has 2 nitrogen and oxygen atoms in total. The van der Waals surface area contributed by atoms with Crippen LogP contribution in [-0.2, 0) is 4.79 Å². The van der Waals surface area contributed by atoms with Crippen LogP contribution in [0.25, 0.3) is 0 Å². The van der Waals surface area contributed by atoms with Gasteiger partial charge >= 0.3 is 18.9 Å². The molecule has 9 heavy (non-hydrogen) atoms. The van der Waals surface area contributed by atoms with Gasteiger partial charge in [-0.1, -0.05) is 0 Å². The summed E-state index contributed by atoms with van der Waals surface area (Å²) in [4.78, 5) is 11.9. The van der Waals surface area contributed by atoms with Crippen molar-refractivity contribution >= 4 is 25.3 Å². The number of amides is 1. The van der Waals surface area contributed by atoms with E-state index in [-0.39, 0.29) is 18.9 Å². The summed E-state index contributed by atoms with van der Waals surface area (Å²) in [7, 11) is 0. The van der Waals surface area contributed by atoms with E-state index in [1.54, 1.807) is 0 Å². The number of carbonyl (C=O) groups excluding carboxylic acids is 1. The number of rotatable bonds is 1. The number of piperidine rings is 1. The zero-order valence-corrected chi connectivity index (χ0v) is 4.97. The quantitative estimate of drug-likeness (QED) is 0.352. The van der Waals surface area contributed by atoms with Crippen LogP contribution in [0.5, 0.6) is 0 Å². The van der Waals surface area contributed by atoms with Gasteiger partial charge in [-0.15, -0.1) is 0 Å². The van der Waals surface area contributed by atoms with Crippen LogP contribution in [0.2, 0.25) is 0 Å². The van der Waals surface area contributed by atoms with Crippen molar-refractivity contribution in [3.8, 4) is 0 Å². The molecule has 1 aliphatic rings. The van der Waals surface area contributed by atoms with Crippen molar-refractivity contribution in [2.24, 2.45) is 0 Å². The van der Waals surface area contributed by atoms with E-state index in [9.17, 15) is 4.79 Å². The fourth-order valence-corrected chi connectivity index (χ4v) is 1.02. The molecule has 0 aromatic heterocycles. The fourth-order valence-electron chi connectivity index (χ4n) is 1.02. The Kier molecular flexibility index (Phi) is 4.94.